The number of benzene rings is 1. The molecule has 32 heavy (non-hydrogen) atoms. The van der Waals surface area contributed by atoms with Gasteiger partial charge in [-0.1, -0.05) is 18.2 Å². The van der Waals surface area contributed by atoms with Crippen LogP contribution in [0.5, 0.6) is 0 Å². The second-order valence-corrected chi connectivity index (χ2v) is 11.5. The first kappa shape index (κ1) is 20.8. The summed E-state index contributed by atoms with van der Waals surface area (Å²) < 4.78 is 5.46. The van der Waals surface area contributed by atoms with Gasteiger partial charge in [0, 0.05) is 36.1 Å². The van der Waals surface area contributed by atoms with E-state index in [1.807, 2.05) is 0 Å². The number of carbonyl (C=O) groups excluding carboxylic acids is 1. The maximum atomic E-state index is 13.0. The van der Waals surface area contributed by atoms with Gasteiger partial charge in [-0.3, -0.25) is 9.69 Å². The van der Waals surface area contributed by atoms with E-state index in [2.05, 4.69) is 39.9 Å². The molecule has 4 bridgehead atoms. The highest BCUT2D eigenvalue weighted by molar-refractivity contribution is 7.13. The van der Waals surface area contributed by atoms with E-state index in [0.717, 1.165) is 66.9 Å². The molecule has 2 heterocycles. The summed E-state index contributed by atoms with van der Waals surface area (Å²) in [5.41, 5.74) is 3.43. The highest BCUT2D eigenvalue weighted by Gasteiger charge is 2.51. The molecule has 1 aliphatic heterocycles. The predicted molar refractivity (Wildman–Crippen MR) is 126 cm³/mol. The van der Waals surface area contributed by atoms with Crippen LogP contribution in [0.2, 0.25) is 0 Å². The summed E-state index contributed by atoms with van der Waals surface area (Å²) in [5, 5.41) is 6.55. The minimum atomic E-state index is 0.0819. The van der Waals surface area contributed by atoms with Crippen LogP contribution >= 0.6 is 11.3 Å². The molecular weight excluding hydrogens is 418 g/mol. The van der Waals surface area contributed by atoms with Crippen molar-refractivity contribution in [1.82, 2.24) is 15.2 Å². The fraction of sp³-hybridized carbons (Fsp3) is 0.615. The van der Waals surface area contributed by atoms with Gasteiger partial charge in [-0.2, -0.15) is 0 Å². The van der Waals surface area contributed by atoms with Crippen molar-refractivity contribution >= 4 is 17.2 Å². The van der Waals surface area contributed by atoms with E-state index in [4.69, 9.17) is 9.72 Å². The molecule has 1 N–H and O–H groups in total. The standard InChI is InChI=1S/C26H33N3O2S/c30-24(28-26-13-19-8-20(14-26)10-21(9-19)15-26)12-23-17-32-25(27-23)22-3-1-2-18(11-22)16-29-4-6-31-7-5-29/h1-3,11,17,19-21H,4-10,12-16H2,(H,28,30). The fourth-order valence-corrected chi connectivity index (χ4v) is 7.93. The van der Waals surface area contributed by atoms with E-state index in [0.29, 0.717) is 6.42 Å². The summed E-state index contributed by atoms with van der Waals surface area (Å²) in [6, 6.07) is 8.67. The van der Waals surface area contributed by atoms with E-state index in [-0.39, 0.29) is 11.4 Å². The minimum absolute atomic E-state index is 0.0819. The average Bonchev–Trinajstić information content (AvgIpc) is 3.21. The number of nitrogens with zero attached hydrogens (tertiary/aromatic N) is 2. The highest BCUT2D eigenvalue weighted by Crippen LogP contribution is 2.55. The Hall–Kier alpha value is -1.76. The van der Waals surface area contributed by atoms with Crippen LogP contribution < -0.4 is 5.32 Å². The van der Waals surface area contributed by atoms with Crippen LogP contribution in [-0.2, 0) is 22.5 Å². The number of morpholine rings is 1. The van der Waals surface area contributed by atoms with Gasteiger partial charge in [0.1, 0.15) is 5.01 Å². The van der Waals surface area contributed by atoms with Crippen molar-refractivity contribution in [3.8, 4) is 10.6 Å². The lowest BCUT2D eigenvalue weighted by molar-refractivity contribution is -0.126. The Morgan fingerprint density at radius 3 is 2.56 bits per heavy atom. The van der Waals surface area contributed by atoms with Crippen LogP contribution in [0.4, 0.5) is 0 Å². The maximum Gasteiger partial charge on any atom is 0.226 e. The largest absolute Gasteiger partial charge is 0.379 e. The molecule has 4 aliphatic carbocycles. The van der Waals surface area contributed by atoms with Crippen molar-refractivity contribution in [2.75, 3.05) is 26.3 Å². The minimum Gasteiger partial charge on any atom is -0.379 e. The van der Waals surface area contributed by atoms with Gasteiger partial charge in [-0.05, 0) is 67.9 Å². The average molecular weight is 452 g/mol. The van der Waals surface area contributed by atoms with Gasteiger partial charge in [0.25, 0.3) is 0 Å². The molecule has 1 aromatic carbocycles. The highest BCUT2D eigenvalue weighted by atomic mass is 32.1. The molecule has 1 amide bonds. The summed E-state index contributed by atoms with van der Waals surface area (Å²) in [7, 11) is 0. The summed E-state index contributed by atoms with van der Waals surface area (Å²) in [5.74, 6) is 2.69. The van der Waals surface area contributed by atoms with Crippen molar-refractivity contribution in [1.29, 1.82) is 0 Å². The van der Waals surface area contributed by atoms with Gasteiger partial charge in [0.15, 0.2) is 0 Å². The van der Waals surface area contributed by atoms with Gasteiger partial charge in [-0.15, -0.1) is 11.3 Å². The molecule has 4 saturated carbocycles. The van der Waals surface area contributed by atoms with Crippen LogP contribution in [0.25, 0.3) is 10.6 Å². The molecule has 170 valence electrons. The van der Waals surface area contributed by atoms with Crippen LogP contribution in [0.1, 0.15) is 49.8 Å². The molecule has 5 fully saturated rings. The van der Waals surface area contributed by atoms with E-state index in [1.54, 1.807) is 11.3 Å². The Balaban J connectivity index is 1.09. The van der Waals surface area contributed by atoms with Crippen LogP contribution in [0.15, 0.2) is 29.6 Å². The first-order chi connectivity index (χ1) is 15.6. The third kappa shape index (κ3) is 4.37. The molecule has 6 heteroatoms. The first-order valence-electron chi connectivity index (χ1n) is 12.3. The van der Waals surface area contributed by atoms with Gasteiger partial charge in [-0.25, -0.2) is 4.98 Å². The Kier molecular flexibility index (Phi) is 5.56. The van der Waals surface area contributed by atoms with Crippen molar-refractivity contribution in [3.63, 3.8) is 0 Å². The number of carbonyl (C=O) groups is 1. The topological polar surface area (TPSA) is 54.5 Å². The number of amides is 1. The zero-order valence-electron chi connectivity index (χ0n) is 18.7. The summed E-state index contributed by atoms with van der Waals surface area (Å²) in [4.78, 5) is 20.2. The molecule has 0 unspecified atom stereocenters. The zero-order chi connectivity index (χ0) is 21.5. The zero-order valence-corrected chi connectivity index (χ0v) is 19.5. The van der Waals surface area contributed by atoms with Crippen molar-refractivity contribution in [3.05, 3.63) is 40.9 Å². The smallest absolute Gasteiger partial charge is 0.226 e. The van der Waals surface area contributed by atoms with Crippen molar-refractivity contribution in [2.24, 2.45) is 17.8 Å². The van der Waals surface area contributed by atoms with E-state index < -0.39 is 0 Å². The molecule has 5 aliphatic rings. The number of nitrogens with one attached hydrogen (secondary N) is 1. The summed E-state index contributed by atoms with van der Waals surface area (Å²) in [6.07, 6.45) is 8.18. The van der Waals surface area contributed by atoms with E-state index >= 15 is 0 Å². The quantitative estimate of drug-likeness (QED) is 0.713. The third-order valence-corrected chi connectivity index (χ3v) is 8.96. The van der Waals surface area contributed by atoms with Crippen molar-refractivity contribution in [2.45, 2.75) is 57.0 Å². The van der Waals surface area contributed by atoms with E-state index in [1.165, 1.54) is 44.1 Å². The van der Waals surface area contributed by atoms with Crippen molar-refractivity contribution < 1.29 is 9.53 Å². The molecule has 1 aromatic heterocycles. The van der Waals surface area contributed by atoms with Gasteiger partial charge in [0.2, 0.25) is 5.91 Å². The van der Waals surface area contributed by atoms with Gasteiger partial charge in [0.05, 0.1) is 25.3 Å². The first-order valence-corrected chi connectivity index (χ1v) is 13.2. The molecule has 5 nitrogen and oxygen atoms in total. The fourth-order valence-electron chi connectivity index (χ4n) is 7.11. The lowest BCUT2D eigenvalue weighted by Gasteiger charge is -2.56. The van der Waals surface area contributed by atoms with E-state index in [9.17, 15) is 4.79 Å². The molecule has 1 saturated heterocycles. The number of hydrogen-bond donors (Lipinski definition) is 1. The molecule has 0 radical (unpaired) electrons. The Bertz CT molecular complexity index is 946. The summed E-state index contributed by atoms with van der Waals surface area (Å²) in [6.45, 7) is 4.57. The lowest BCUT2D eigenvalue weighted by atomic mass is 9.53. The van der Waals surface area contributed by atoms with Gasteiger partial charge >= 0.3 is 0 Å². The molecule has 0 spiro atoms. The Morgan fingerprint density at radius 2 is 1.84 bits per heavy atom. The molecule has 2 aromatic rings. The number of aromatic nitrogens is 1. The Labute approximate surface area is 194 Å². The number of hydrogen-bond acceptors (Lipinski definition) is 5. The van der Waals surface area contributed by atoms with Crippen LogP contribution in [0, 0.1) is 17.8 Å². The normalized spacial score (nSPS) is 31.7. The monoisotopic (exact) mass is 451 g/mol. The Morgan fingerprint density at radius 1 is 1.12 bits per heavy atom. The van der Waals surface area contributed by atoms with Gasteiger partial charge < -0.3 is 10.1 Å². The SMILES string of the molecule is O=C(Cc1csc(-c2cccc(CN3CCOCC3)c2)n1)NC12CC3CC(CC(C3)C1)C2. The van der Waals surface area contributed by atoms with Crippen LogP contribution in [-0.4, -0.2) is 47.6 Å². The second-order valence-electron chi connectivity index (χ2n) is 10.7. The van der Waals surface area contributed by atoms with Crippen LogP contribution in [0.3, 0.4) is 0 Å². The number of ether oxygens (including phenoxy) is 1. The molecular formula is C26H33N3O2S. The second kappa shape index (κ2) is 8.54. The lowest BCUT2D eigenvalue weighted by Crippen LogP contribution is -2.60. The predicted octanol–water partition coefficient (Wildman–Crippen LogP) is 4.27. The molecule has 0 atom stereocenters. The number of rotatable bonds is 6. The molecule has 7 rings (SSSR count). The number of thiazole rings is 1. The third-order valence-electron chi connectivity index (χ3n) is 8.02. The summed E-state index contributed by atoms with van der Waals surface area (Å²) >= 11 is 1.64. The maximum absolute atomic E-state index is 13.0.